The van der Waals surface area contributed by atoms with Gasteiger partial charge in [-0.3, -0.25) is 4.79 Å². The standard InChI is InChI=1S/C17H16N8OS/c1-10-7-11(2)27-14(10)15(26)25-16(18)22-17(23-25)21-12-3-5-13(6-4-12)24-9-19-8-20-24/h3-9H,1-2H3,(H3,18,21,22,23). The van der Waals surface area contributed by atoms with Crippen LogP contribution in [0.4, 0.5) is 17.6 Å². The van der Waals surface area contributed by atoms with E-state index < -0.39 is 0 Å². The first-order valence-corrected chi connectivity index (χ1v) is 8.89. The molecule has 136 valence electrons. The van der Waals surface area contributed by atoms with Crippen molar-refractivity contribution in [1.82, 2.24) is 29.5 Å². The van der Waals surface area contributed by atoms with Crippen molar-refractivity contribution in [2.24, 2.45) is 0 Å². The number of thiophene rings is 1. The van der Waals surface area contributed by atoms with E-state index >= 15 is 0 Å². The normalized spacial score (nSPS) is 10.9. The zero-order valence-electron chi connectivity index (χ0n) is 14.6. The summed E-state index contributed by atoms with van der Waals surface area (Å²) in [7, 11) is 0. The monoisotopic (exact) mass is 380 g/mol. The number of hydrogen-bond donors (Lipinski definition) is 2. The minimum atomic E-state index is -0.287. The van der Waals surface area contributed by atoms with E-state index in [2.05, 4.69) is 25.5 Å². The van der Waals surface area contributed by atoms with Gasteiger partial charge in [-0.2, -0.15) is 14.8 Å². The summed E-state index contributed by atoms with van der Waals surface area (Å²) < 4.78 is 2.77. The van der Waals surface area contributed by atoms with Gasteiger partial charge in [-0.05, 0) is 49.7 Å². The van der Waals surface area contributed by atoms with Crippen molar-refractivity contribution in [3.8, 4) is 5.69 Å². The van der Waals surface area contributed by atoms with E-state index in [0.717, 1.165) is 26.5 Å². The quantitative estimate of drug-likeness (QED) is 0.559. The summed E-state index contributed by atoms with van der Waals surface area (Å²) in [6.45, 7) is 3.84. The molecule has 9 nitrogen and oxygen atoms in total. The van der Waals surface area contributed by atoms with Gasteiger partial charge in [-0.15, -0.1) is 16.4 Å². The van der Waals surface area contributed by atoms with Crippen molar-refractivity contribution in [1.29, 1.82) is 0 Å². The molecule has 3 aromatic heterocycles. The summed E-state index contributed by atoms with van der Waals surface area (Å²) in [4.78, 5) is 22.4. The lowest BCUT2D eigenvalue weighted by atomic mass is 10.2. The number of carbonyl (C=O) groups excluding carboxylic acids is 1. The Morgan fingerprint density at radius 1 is 1.22 bits per heavy atom. The average molecular weight is 380 g/mol. The molecule has 0 aliphatic carbocycles. The molecule has 10 heteroatoms. The van der Waals surface area contributed by atoms with Gasteiger partial charge in [-0.25, -0.2) is 9.67 Å². The Bertz CT molecular complexity index is 1090. The Hall–Kier alpha value is -3.53. The Morgan fingerprint density at radius 2 is 2.00 bits per heavy atom. The van der Waals surface area contributed by atoms with Gasteiger partial charge < -0.3 is 11.1 Å². The number of aryl methyl sites for hydroxylation is 2. The fraction of sp³-hybridized carbons (Fsp3) is 0.118. The SMILES string of the molecule is Cc1cc(C)c(C(=O)n2nc(Nc3ccc(-n4cncn4)cc3)nc2N)s1. The molecule has 27 heavy (non-hydrogen) atoms. The number of nitrogens with one attached hydrogen (secondary N) is 1. The number of carbonyl (C=O) groups is 1. The number of aromatic nitrogens is 6. The van der Waals surface area contributed by atoms with Crippen LogP contribution in [0.2, 0.25) is 0 Å². The van der Waals surface area contributed by atoms with Gasteiger partial charge in [0.15, 0.2) is 0 Å². The first kappa shape index (κ1) is 16.9. The second-order valence-electron chi connectivity index (χ2n) is 5.89. The maximum atomic E-state index is 12.7. The third-order valence-corrected chi connectivity index (χ3v) is 5.01. The highest BCUT2D eigenvalue weighted by Gasteiger charge is 2.19. The lowest BCUT2D eigenvalue weighted by molar-refractivity contribution is 0.0951. The van der Waals surface area contributed by atoms with Crippen molar-refractivity contribution in [3.05, 3.63) is 58.3 Å². The number of anilines is 3. The molecule has 3 heterocycles. The molecule has 4 aromatic rings. The van der Waals surface area contributed by atoms with Crippen LogP contribution >= 0.6 is 11.3 Å². The second kappa shape index (κ2) is 6.65. The lowest BCUT2D eigenvalue weighted by Gasteiger charge is -2.04. The van der Waals surface area contributed by atoms with Crippen LogP contribution in [0.5, 0.6) is 0 Å². The van der Waals surface area contributed by atoms with Crippen LogP contribution in [-0.4, -0.2) is 35.4 Å². The molecule has 4 rings (SSSR count). The molecular formula is C17H16N8OS. The minimum absolute atomic E-state index is 0.0344. The first-order valence-electron chi connectivity index (χ1n) is 8.07. The molecule has 0 fully saturated rings. The Labute approximate surface area is 158 Å². The van der Waals surface area contributed by atoms with Crippen LogP contribution in [0.15, 0.2) is 43.0 Å². The number of hydrogen-bond acceptors (Lipinski definition) is 8. The Balaban J connectivity index is 1.55. The lowest BCUT2D eigenvalue weighted by Crippen LogP contribution is -2.16. The molecule has 0 spiro atoms. The molecule has 1 aromatic carbocycles. The predicted octanol–water partition coefficient (Wildman–Crippen LogP) is 2.55. The van der Waals surface area contributed by atoms with Crippen molar-refractivity contribution < 1.29 is 4.79 Å². The summed E-state index contributed by atoms with van der Waals surface area (Å²) in [5, 5.41) is 11.3. The third kappa shape index (κ3) is 3.29. The van der Waals surface area contributed by atoms with Crippen LogP contribution in [0.3, 0.4) is 0 Å². The highest BCUT2D eigenvalue weighted by Crippen LogP contribution is 2.23. The van der Waals surface area contributed by atoms with Gasteiger partial charge in [0.2, 0.25) is 11.9 Å². The molecule has 0 aliphatic rings. The fourth-order valence-electron chi connectivity index (χ4n) is 2.64. The summed E-state index contributed by atoms with van der Waals surface area (Å²) >= 11 is 1.41. The van der Waals surface area contributed by atoms with E-state index in [1.165, 1.54) is 17.7 Å². The van der Waals surface area contributed by atoms with E-state index in [0.29, 0.717) is 4.88 Å². The van der Waals surface area contributed by atoms with Crippen LogP contribution in [0.1, 0.15) is 20.1 Å². The predicted molar refractivity (Wildman–Crippen MR) is 103 cm³/mol. The summed E-state index contributed by atoms with van der Waals surface area (Å²) in [6.07, 6.45) is 3.09. The van der Waals surface area contributed by atoms with Gasteiger partial charge in [-0.1, -0.05) is 0 Å². The highest BCUT2D eigenvalue weighted by atomic mass is 32.1. The molecule has 0 unspecified atom stereocenters. The summed E-state index contributed by atoms with van der Waals surface area (Å²) in [5.74, 6) is -0.00217. The van der Waals surface area contributed by atoms with E-state index in [4.69, 9.17) is 5.73 Å². The van der Waals surface area contributed by atoms with Gasteiger partial charge in [0.1, 0.15) is 12.7 Å². The molecule has 0 amide bonds. The zero-order valence-corrected chi connectivity index (χ0v) is 15.4. The zero-order chi connectivity index (χ0) is 19.0. The molecular weight excluding hydrogens is 364 g/mol. The van der Waals surface area contributed by atoms with Crippen molar-refractivity contribution in [2.45, 2.75) is 13.8 Å². The second-order valence-corrected chi connectivity index (χ2v) is 7.15. The number of benzene rings is 1. The number of rotatable bonds is 4. The van der Waals surface area contributed by atoms with Gasteiger partial charge in [0.25, 0.3) is 5.91 Å². The van der Waals surface area contributed by atoms with E-state index in [1.54, 1.807) is 11.0 Å². The molecule has 0 aliphatic heterocycles. The number of nitrogens with two attached hydrogens (primary N) is 1. The number of nitrogen functional groups attached to an aromatic ring is 1. The Morgan fingerprint density at radius 3 is 2.63 bits per heavy atom. The van der Waals surface area contributed by atoms with Gasteiger partial charge in [0, 0.05) is 10.6 Å². The largest absolute Gasteiger partial charge is 0.368 e. The van der Waals surface area contributed by atoms with Gasteiger partial charge >= 0.3 is 0 Å². The summed E-state index contributed by atoms with van der Waals surface area (Å²) in [6, 6.07) is 9.41. The molecule has 0 radical (unpaired) electrons. The molecule has 3 N–H and O–H groups in total. The topological polar surface area (TPSA) is 117 Å². The van der Waals surface area contributed by atoms with Crippen LogP contribution < -0.4 is 11.1 Å². The molecule has 0 saturated heterocycles. The van der Waals surface area contributed by atoms with E-state index in [1.807, 2.05) is 44.2 Å². The first-order chi connectivity index (χ1) is 13.0. The average Bonchev–Trinajstić information content (AvgIpc) is 3.36. The van der Waals surface area contributed by atoms with Crippen LogP contribution in [0, 0.1) is 13.8 Å². The molecule has 0 bridgehead atoms. The van der Waals surface area contributed by atoms with Gasteiger partial charge in [0.05, 0.1) is 10.6 Å². The van der Waals surface area contributed by atoms with Crippen LogP contribution in [-0.2, 0) is 0 Å². The molecule has 0 atom stereocenters. The van der Waals surface area contributed by atoms with E-state index in [9.17, 15) is 4.79 Å². The highest BCUT2D eigenvalue weighted by molar-refractivity contribution is 7.14. The van der Waals surface area contributed by atoms with Crippen molar-refractivity contribution >= 4 is 34.8 Å². The Kier molecular flexibility index (Phi) is 4.16. The maximum Gasteiger partial charge on any atom is 0.291 e. The summed E-state index contributed by atoms with van der Waals surface area (Å²) in [5.41, 5.74) is 8.42. The minimum Gasteiger partial charge on any atom is -0.368 e. The fourth-order valence-corrected chi connectivity index (χ4v) is 3.60. The maximum absolute atomic E-state index is 12.7. The third-order valence-electron chi connectivity index (χ3n) is 3.87. The van der Waals surface area contributed by atoms with Crippen LogP contribution in [0.25, 0.3) is 5.69 Å². The van der Waals surface area contributed by atoms with Crippen molar-refractivity contribution in [3.63, 3.8) is 0 Å². The van der Waals surface area contributed by atoms with Crippen molar-refractivity contribution in [2.75, 3.05) is 11.1 Å². The molecule has 0 saturated carbocycles. The van der Waals surface area contributed by atoms with E-state index in [-0.39, 0.29) is 17.8 Å². The number of nitrogens with zero attached hydrogens (tertiary/aromatic N) is 6. The smallest absolute Gasteiger partial charge is 0.291 e.